The molecule has 90 valence electrons. The van der Waals surface area contributed by atoms with E-state index in [1.54, 1.807) is 6.07 Å². The number of hydrogen-bond acceptors (Lipinski definition) is 2. The molecule has 2 N–H and O–H groups in total. The molecule has 1 aromatic rings. The van der Waals surface area contributed by atoms with Crippen LogP contribution in [0.3, 0.4) is 0 Å². The van der Waals surface area contributed by atoms with Crippen molar-refractivity contribution in [2.24, 2.45) is 11.7 Å². The Balaban J connectivity index is 2.60. The van der Waals surface area contributed by atoms with E-state index in [2.05, 4.69) is 13.8 Å². The van der Waals surface area contributed by atoms with Crippen molar-refractivity contribution in [1.29, 1.82) is 0 Å². The highest BCUT2D eigenvalue weighted by Gasteiger charge is 2.19. The molecule has 2 nitrogen and oxygen atoms in total. The zero-order valence-corrected chi connectivity index (χ0v) is 10.9. The van der Waals surface area contributed by atoms with Gasteiger partial charge in [-0.3, -0.25) is 0 Å². The highest BCUT2D eigenvalue weighted by molar-refractivity contribution is 6.30. The van der Waals surface area contributed by atoms with Crippen LogP contribution in [-0.2, 0) is 0 Å². The van der Waals surface area contributed by atoms with Crippen LogP contribution in [0.5, 0.6) is 5.75 Å². The average molecular weight is 242 g/mol. The molecule has 0 aliphatic heterocycles. The van der Waals surface area contributed by atoms with Gasteiger partial charge in [-0.25, -0.2) is 0 Å². The number of benzene rings is 1. The van der Waals surface area contributed by atoms with Crippen molar-refractivity contribution < 1.29 is 4.74 Å². The maximum absolute atomic E-state index is 6.10. The SMILES string of the molecule is CCC(C)C(N)C(C)Oc1cccc(Cl)c1. The molecule has 0 saturated carbocycles. The van der Waals surface area contributed by atoms with Crippen molar-refractivity contribution >= 4 is 11.6 Å². The van der Waals surface area contributed by atoms with Crippen molar-refractivity contribution in [3.63, 3.8) is 0 Å². The summed E-state index contributed by atoms with van der Waals surface area (Å²) in [5.74, 6) is 1.23. The van der Waals surface area contributed by atoms with Crippen LogP contribution in [-0.4, -0.2) is 12.1 Å². The topological polar surface area (TPSA) is 35.2 Å². The van der Waals surface area contributed by atoms with E-state index < -0.39 is 0 Å². The van der Waals surface area contributed by atoms with Crippen molar-refractivity contribution in [2.45, 2.75) is 39.3 Å². The third-order valence-electron chi connectivity index (χ3n) is 2.96. The average Bonchev–Trinajstić information content (AvgIpc) is 2.27. The normalized spacial score (nSPS) is 16.6. The molecule has 0 spiro atoms. The van der Waals surface area contributed by atoms with Gasteiger partial charge in [0.1, 0.15) is 11.9 Å². The number of rotatable bonds is 5. The van der Waals surface area contributed by atoms with Gasteiger partial charge < -0.3 is 10.5 Å². The van der Waals surface area contributed by atoms with Gasteiger partial charge in [0.25, 0.3) is 0 Å². The fourth-order valence-corrected chi connectivity index (χ4v) is 1.75. The summed E-state index contributed by atoms with van der Waals surface area (Å²) >= 11 is 5.89. The molecule has 16 heavy (non-hydrogen) atoms. The van der Waals surface area contributed by atoms with Crippen LogP contribution in [0.25, 0.3) is 0 Å². The van der Waals surface area contributed by atoms with Gasteiger partial charge in [-0.2, -0.15) is 0 Å². The second-order valence-electron chi connectivity index (χ2n) is 4.24. The summed E-state index contributed by atoms with van der Waals surface area (Å²) < 4.78 is 5.77. The van der Waals surface area contributed by atoms with Crippen molar-refractivity contribution in [1.82, 2.24) is 0 Å². The fourth-order valence-electron chi connectivity index (χ4n) is 1.57. The summed E-state index contributed by atoms with van der Waals surface area (Å²) in [6, 6.07) is 7.45. The predicted molar refractivity (Wildman–Crippen MR) is 69.0 cm³/mol. The first-order valence-corrected chi connectivity index (χ1v) is 6.10. The summed E-state index contributed by atoms with van der Waals surface area (Å²) in [5, 5.41) is 0.682. The largest absolute Gasteiger partial charge is 0.489 e. The molecule has 0 aliphatic rings. The Kier molecular flexibility index (Phi) is 5.10. The zero-order valence-electron chi connectivity index (χ0n) is 10.1. The summed E-state index contributed by atoms with van der Waals surface area (Å²) in [5.41, 5.74) is 6.10. The van der Waals surface area contributed by atoms with Gasteiger partial charge >= 0.3 is 0 Å². The Hall–Kier alpha value is -0.730. The van der Waals surface area contributed by atoms with E-state index in [-0.39, 0.29) is 12.1 Å². The Bertz CT molecular complexity index is 329. The smallest absolute Gasteiger partial charge is 0.121 e. The lowest BCUT2D eigenvalue weighted by atomic mass is 9.96. The van der Waals surface area contributed by atoms with Crippen LogP contribution in [0.2, 0.25) is 5.02 Å². The van der Waals surface area contributed by atoms with Gasteiger partial charge in [-0.1, -0.05) is 37.9 Å². The molecule has 1 aromatic carbocycles. The van der Waals surface area contributed by atoms with E-state index in [1.165, 1.54) is 0 Å². The molecule has 0 heterocycles. The summed E-state index contributed by atoms with van der Waals surface area (Å²) in [7, 11) is 0. The molecule has 3 heteroatoms. The molecule has 3 atom stereocenters. The monoisotopic (exact) mass is 241 g/mol. The number of nitrogens with two attached hydrogens (primary N) is 1. The Morgan fingerprint density at radius 3 is 2.62 bits per heavy atom. The third-order valence-corrected chi connectivity index (χ3v) is 3.20. The first-order chi connectivity index (χ1) is 7.54. The highest BCUT2D eigenvalue weighted by atomic mass is 35.5. The summed E-state index contributed by atoms with van der Waals surface area (Å²) in [6.07, 6.45) is 1.05. The molecule has 0 bridgehead atoms. The van der Waals surface area contributed by atoms with E-state index in [1.807, 2.05) is 25.1 Å². The standard InChI is InChI=1S/C13H20ClNO/c1-4-9(2)13(15)10(3)16-12-7-5-6-11(14)8-12/h5-10,13H,4,15H2,1-3H3. The van der Waals surface area contributed by atoms with Gasteiger partial charge in [-0.05, 0) is 31.0 Å². The van der Waals surface area contributed by atoms with E-state index in [0.29, 0.717) is 10.9 Å². The minimum Gasteiger partial charge on any atom is -0.489 e. The number of hydrogen-bond donors (Lipinski definition) is 1. The maximum Gasteiger partial charge on any atom is 0.121 e. The summed E-state index contributed by atoms with van der Waals surface area (Å²) in [6.45, 7) is 6.27. The molecule has 0 aromatic heterocycles. The van der Waals surface area contributed by atoms with Crippen LogP contribution < -0.4 is 10.5 Å². The molecule has 3 unspecified atom stereocenters. The molecule has 0 fully saturated rings. The maximum atomic E-state index is 6.10. The molecule has 0 saturated heterocycles. The Morgan fingerprint density at radius 2 is 2.06 bits per heavy atom. The highest BCUT2D eigenvalue weighted by Crippen LogP contribution is 2.20. The zero-order chi connectivity index (χ0) is 12.1. The van der Waals surface area contributed by atoms with Gasteiger partial charge in [0.2, 0.25) is 0 Å². The minimum atomic E-state index is -0.00610. The van der Waals surface area contributed by atoms with E-state index >= 15 is 0 Å². The van der Waals surface area contributed by atoms with Crippen LogP contribution in [0.15, 0.2) is 24.3 Å². The molecular formula is C13H20ClNO. The van der Waals surface area contributed by atoms with E-state index in [4.69, 9.17) is 22.1 Å². The quantitative estimate of drug-likeness (QED) is 0.857. The molecule has 1 rings (SSSR count). The first-order valence-electron chi connectivity index (χ1n) is 5.72. The van der Waals surface area contributed by atoms with E-state index in [0.717, 1.165) is 12.2 Å². The lowest BCUT2D eigenvalue weighted by molar-refractivity contribution is 0.160. The lowest BCUT2D eigenvalue weighted by Crippen LogP contribution is -2.41. The second kappa shape index (κ2) is 6.12. The van der Waals surface area contributed by atoms with Crippen LogP contribution in [0.4, 0.5) is 0 Å². The second-order valence-corrected chi connectivity index (χ2v) is 4.68. The van der Waals surface area contributed by atoms with Crippen LogP contribution in [0, 0.1) is 5.92 Å². The fraction of sp³-hybridized carbons (Fsp3) is 0.538. The molecule has 0 aliphatic carbocycles. The number of ether oxygens (including phenoxy) is 1. The summed E-state index contributed by atoms with van der Waals surface area (Å²) in [4.78, 5) is 0. The molecule has 0 amide bonds. The molecular weight excluding hydrogens is 222 g/mol. The Labute approximate surface area is 103 Å². The van der Waals surface area contributed by atoms with Gasteiger partial charge in [0.05, 0.1) is 0 Å². The predicted octanol–water partition coefficient (Wildman–Crippen LogP) is 3.48. The minimum absolute atomic E-state index is 0.00610. The molecule has 0 radical (unpaired) electrons. The van der Waals surface area contributed by atoms with Crippen molar-refractivity contribution in [3.8, 4) is 5.75 Å². The van der Waals surface area contributed by atoms with Gasteiger partial charge in [0.15, 0.2) is 0 Å². The van der Waals surface area contributed by atoms with Crippen LogP contribution in [0.1, 0.15) is 27.2 Å². The van der Waals surface area contributed by atoms with Crippen molar-refractivity contribution in [2.75, 3.05) is 0 Å². The third kappa shape index (κ3) is 3.69. The van der Waals surface area contributed by atoms with Crippen molar-refractivity contribution in [3.05, 3.63) is 29.3 Å². The Morgan fingerprint density at radius 1 is 1.38 bits per heavy atom. The number of halogens is 1. The van der Waals surface area contributed by atoms with Gasteiger partial charge in [0, 0.05) is 11.1 Å². The lowest BCUT2D eigenvalue weighted by Gasteiger charge is -2.26. The van der Waals surface area contributed by atoms with Crippen LogP contribution >= 0.6 is 11.6 Å². The van der Waals surface area contributed by atoms with Gasteiger partial charge in [-0.15, -0.1) is 0 Å². The first kappa shape index (κ1) is 13.3. The van der Waals surface area contributed by atoms with E-state index in [9.17, 15) is 0 Å².